The van der Waals surface area contributed by atoms with Gasteiger partial charge < -0.3 is 31.1 Å². The average Bonchev–Trinajstić information content (AvgIpc) is 3.35. The summed E-state index contributed by atoms with van der Waals surface area (Å²) in [5.41, 5.74) is 0.282. The molecule has 36 heavy (non-hydrogen) atoms. The molecule has 0 aliphatic carbocycles. The molecule has 1 aromatic carbocycles. The van der Waals surface area contributed by atoms with E-state index >= 15 is 0 Å². The number of hydrogen-bond acceptors (Lipinski definition) is 7. The average molecular weight is 504 g/mol. The molecule has 11 nitrogen and oxygen atoms in total. The highest BCUT2D eigenvalue weighted by molar-refractivity contribution is 5.99. The molecule has 2 aliphatic heterocycles. The highest BCUT2D eigenvalue weighted by Gasteiger charge is 2.28. The van der Waals surface area contributed by atoms with Crippen LogP contribution >= 0.6 is 0 Å². The molecule has 2 aliphatic rings. The van der Waals surface area contributed by atoms with Crippen molar-refractivity contribution in [3.8, 4) is 5.75 Å². The number of carbonyl (C=O) groups is 4. The van der Waals surface area contributed by atoms with Crippen LogP contribution in [0.3, 0.4) is 0 Å². The van der Waals surface area contributed by atoms with Gasteiger partial charge in [-0.05, 0) is 50.9 Å². The van der Waals surface area contributed by atoms with Crippen LogP contribution in [0.4, 0.5) is 0 Å². The first kappa shape index (κ1) is 27.4. The number of benzene rings is 1. The zero-order valence-electron chi connectivity index (χ0n) is 20.8. The van der Waals surface area contributed by atoms with Gasteiger partial charge in [0.25, 0.3) is 5.91 Å². The number of rotatable bonds is 5. The van der Waals surface area contributed by atoms with Gasteiger partial charge in [0.2, 0.25) is 17.7 Å². The zero-order chi connectivity index (χ0) is 25.9. The van der Waals surface area contributed by atoms with Crippen molar-refractivity contribution in [3.05, 3.63) is 29.8 Å². The highest BCUT2D eigenvalue weighted by atomic mass is 16.5. The minimum absolute atomic E-state index is 0.0222. The van der Waals surface area contributed by atoms with Gasteiger partial charge in [-0.1, -0.05) is 19.1 Å². The Morgan fingerprint density at radius 1 is 1.17 bits per heavy atom. The van der Waals surface area contributed by atoms with Crippen molar-refractivity contribution in [3.63, 3.8) is 0 Å². The fraction of sp³-hybridized carbons (Fsp3) is 0.600. The molecule has 198 valence electrons. The van der Waals surface area contributed by atoms with Crippen LogP contribution in [0, 0.1) is 0 Å². The lowest BCUT2D eigenvalue weighted by atomic mass is 10.1. The van der Waals surface area contributed by atoms with E-state index in [0.717, 1.165) is 25.9 Å². The smallest absolute Gasteiger partial charge is 0.255 e. The molecular formula is C25H37N5O6. The molecule has 0 saturated carbocycles. The first-order valence-corrected chi connectivity index (χ1v) is 12.6. The van der Waals surface area contributed by atoms with Gasteiger partial charge >= 0.3 is 0 Å². The van der Waals surface area contributed by atoms with Crippen LogP contribution in [-0.2, 0) is 14.4 Å². The minimum Gasteiger partial charge on any atom is -0.493 e. The maximum absolute atomic E-state index is 13.1. The monoisotopic (exact) mass is 503 g/mol. The van der Waals surface area contributed by atoms with Crippen molar-refractivity contribution >= 4 is 23.6 Å². The third-order valence-corrected chi connectivity index (χ3v) is 6.54. The molecule has 3 atom stereocenters. The topological polar surface area (TPSA) is 149 Å². The lowest BCUT2D eigenvalue weighted by Gasteiger charge is -2.25. The Labute approximate surface area is 211 Å². The molecule has 1 fully saturated rings. The van der Waals surface area contributed by atoms with Crippen LogP contribution in [-0.4, -0.2) is 91.2 Å². The normalized spacial score (nSPS) is 24.6. The molecule has 0 aromatic heterocycles. The molecule has 4 amide bonds. The number of para-hydroxylation sites is 1. The number of aliphatic hydroxyl groups excluding tert-OH is 1. The van der Waals surface area contributed by atoms with Gasteiger partial charge in [-0.2, -0.15) is 0 Å². The zero-order valence-corrected chi connectivity index (χ0v) is 20.8. The Bertz CT molecular complexity index is 926. The lowest BCUT2D eigenvalue weighted by molar-refractivity contribution is -0.130. The van der Waals surface area contributed by atoms with E-state index in [-0.39, 0.29) is 43.5 Å². The van der Waals surface area contributed by atoms with Gasteiger partial charge in [0.15, 0.2) is 0 Å². The molecule has 2 heterocycles. The van der Waals surface area contributed by atoms with Crippen LogP contribution < -0.4 is 26.0 Å². The largest absolute Gasteiger partial charge is 0.493 e. The van der Waals surface area contributed by atoms with Gasteiger partial charge in [0.05, 0.1) is 18.8 Å². The third kappa shape index (κ3) is 7.66. The number of fused-ring (bicyclic) bond motifs is 1. The minimum atomic E-state index is -1.10. The highest BCUT2D eigenvalue weighted by Crippen LogP contribution is 2.19. The number of nitrogens with zero attached hydrogens (tertiary/aromatic N) is 1. The van der Waals surface area contributed by atoms with E-state index in [1.54, 1.807) is 24.3 Å². The molecule has 0 spiro atoms. The van der Waals surface area contributed by atoms with Gasteiger partial charge in [-0.3, -0.25) is 24.1 Å². The molecule has 1 saturated heterocycles. The molecule has 5 N–H and O–H groups in total. The maximum atomic E-state index is 13.1. The first-order chi connectivity index (χ1) is 17.4. The molecule has 0 radical (unpaired) electrons. The molecule has 11 heteroatoms. The van der Waals surface area contributed by atoms with E-state index in [9.17, 15) is 24.3 Å². The summed E-state index contributed by atoms with van der Waals surface area (Å²) in [5.74, 6) is -1.49. The Hall–Kier alpha value is -3.18. The number of carbonyl (C=O) groups excluding carboxylic acids is 4. The molecule has 0 unspecified atom stereocenters. The second kappa shape index (κ2) is 13.8. The van der Waals surface area contributed by atoms with Crippen molar-refractivity contribution in [1.29, 1.82) is 0 Å². The number of likely N-dealkylation sites (tertiary alicyclic amines) is 1. The van der Waals surface area contributed by atoms with E-state index in [1.165, 1.54) is 0 Å². The van der Waals surface area contributed by atoms with Crippen LogP contribution in [0.15, 0.2) is 24.3 Å². The molecule has 1 aromatic rings. The van der Waals surface area contributed by atoms with Crippen LogP contribution in [0.5, 0.6) is 5.75 Å². The van der Waals surface area contributed by atoms with Crippen LogP contribution in [0.2, 0.25) is 0 Å². The summed E-state index contributed by atoms with van der Waals surface area (Å²) in [4.78, 5) is 53.4. The van der Waals surface area contributed by atoms with Crippen molar-refractivity contribution in [2.45, 2.75) is 57.2 Å². The van der Waals surface area contributed by atoms with E-state index < -0.39 is 36.4 Å². The fourth-order valence-electron chi connectivity index (χ4n) is 4.49. The molecule has 3 rings (SSSR count). The van der Waals surface area contributed by atoms with Gasteiger partial charge in [0.1, 0.15) is 17.8 Å². The second-order valence-corrected chi connectivity index (χ2v) is 9.03. The lowest BCUT2D eigenvalue weighted by Crippen LogP contribution is -2.51. The number of amides is 4. The summed E-state index contributed by atoms with van der Waals surface area (Å²) < 4.78 is 5.76. The first-order valence-electron chi connectivity index (χ1n) is 12.6. The van der Waals surface area contributed by atoms with E-state index in [4.69, 9.17) is 4.74 Å². The Balaban J connectivity index is 1.76. The summed E-state index contributed by atoms with van der Waals surface area (Å²) in [7, 11) is 0. The Morgan fingerprint density at radius 2 is 1.97 bits per heavy atom. The number of ether oxygens (including phenoxy) is 1. The predicted octanol–water partition coefficient (Wildman–Crippen LogP) is -0.458. The number of nitrogens with one attached hydrogen (secondary N) is 4. The maximum Gasteiger partial charge on any atom is 0.255 e. The molecular weight excluding hydrogens is 466 g/mol. The van der Waals surface area contributed by atoms with Crippen molar-refractivity contribution < 1.29 is 29.0 Å². The predicted molar refractivity (Wildman–Crippen MR) is 132 cm³/mol. The van der Waals surface area contributed by atoms with Crippen LogP contribution in [0.1, 0.15) is 49.4 Å². The SMILES string of the molecule is CCN1CCC[C@H]1CNC(=O)[C@@H]1CCC(=O)N[C@@H](CO)C(=O)NCCCOc2ccccc2C(=O)N1. The standard InChI is InChI=1S/C25H37N5O6/c1-2-30-13-5-7-17(30)15-27-24(34)19-10-11-22(32)28-20(16-31)25(35)26-12-6-14-36-21-9-4-3-8-18(21)23(33)29-19/h3-4,8-9,17,19-20,31H,2,5-7,10-16H2,1H3,(H,26,35)(H,27,34)(H,28,32)(H,29,33)/t17-,19-,20-/m0/s1. The van der Waals surface area contributed by atoms with Crippen LogP contribution in [0.25, 0.3) is 0 Å². The van der Waals surface area contributed by atoms with Crippen molar-refractivity contribution in [2.75, 3.05) is 39.4 Å². The van der Waals surface area contributed by atoms with Crippen molar-refractivity contribution in [1.82, 2.24) is 26.2 Å². The summed E-state index contributed by atoms with van der Waals surface area (Å²) in [6, 6.07) is 4.90. The van der Waals surface area contributed by atoms with Gasteiger partial charge in [-0.25, -0.2) is 0 Å². The Kier molecular flexibility index (Phi) is 10.5. The van der Waals surface area contributed by atoms with E-state index in [0.29, 0.717) is 18.7 Å². The summed E-state index contributed by atoms with van der Waals surface area (Å²) >= 11 is 0. The quantitative estimate of drug-likeness (QED) is 0.365. The molecule has 0 bridgehead atoms. The second-order valence-electron chi connectivity index (χ2n) is 9.03. The fourth-order valence-corrected chi connectivity index (χ4v) is 4.49. The number of hydrogen-bond donors (Lipinski definition) is 5. The number of aliphatic hydroxyl groups is 1. The van der Waals surface area contributed by atoms with Gasteiger partial charge in [0, 0.05) is 25.6 Å². The summed E-state index contributed by atoms with van der Waals surface area (Å²) in [6.45, 7) is 4.39. The summed E-state index contributed by atoms with van der Waals surface area (Å²) in [6.07, 6.45) is 2.42. The van der Waals surface area contributed by atoms with Gasteiger partial charge in [-0.15, -0.1) is 0 Å². The summed E-state index contributed by atoms with van der Waals surface area (Å²) in [5, 5.41) is 20.4. The Morgan fingerprint density at radius 3 is 2.75 bits per heavy atom. The van der Waals surface area contributed by atoms with E-state index in [2.05, 4.69) is 33.1 Å². The number of likely N-dealkylation sites (N-methyl/N-ethyl adjacent to an activating group) is 1. The van der Waals surface area contributed by atoms with E-state index in [1.807, 2.05) is 0 Å². The van der Waals surface area contributed by atoms with Crippen molar-refractivity contribution in [2.24, 2.45) is 0 Å². The third-order valence-electron chi connectivity index (χ3n) is 6.54.